The monoisotopic (exact) mass is 316 g/mol. The van der Waals surface area contributed by atoms with E-state index in [1.165, 1.54) is 17.0 Å². The fourth-order valence-electron chi connectivity index (χ4n) is 2.11. The molecule has 5 nitrogen and oxygen atoms in total. The van der Waals surface area contributed by atoms with Gasteiger partial charge in [-0.25, -0.2) is 4.79 Å². The van der Waals surface area contributed by atoms with E-state index < -0.39 is 23.7 Å². The molecule has 2 rings (SSSR count). The van der Waals surface area contributed by atoms with Crippen molar-refractivity contribution in [3.05, 3.63) is 24.3 Å². The summed E-state index contributed by atoms with van der Waals surface area (Å²) in [5.74, 6) is -4.08. The van der Waals surface area contributed by atoms with Crippen molar-refractivity contribution in [3.8, 4) is 0 Å². The molecule has 21 heavy (non-hydrogen) atoms. The average molecular weight is 316 g/mol. The summed E-state index contributed by atoms with van der Waals surface area (Å²) in [6, 6.07) is 5.80. The first-order chi connectivity index (χ1) is 9.97. The third kappa shape index (κ3) is 4.07. The zero-order valence-corrected chi connectivity index (χ0v) is 11.8. The molecule has 0 spiro atoms. The Morgan fingerprint density at radius 1 is 1.38 bits per heavy atom. The van der Waals surface area contributed by atoms with Crippen molar-refractivity contribution >= 4 is 29.4 Å². The molecule has 0 radical (unpaired) electrons. The van der Waals surface area contributed by atoms with Crippen LogP contribution in [0.1, 0.15) is 6.42 Å². The number of carboxylic acids is 1. The second kappa shape index (κ2) is 6.75. The number of halogens is 2. The predicted octanol–water partition coefficient (Wildman–Crippen LogP) is 2.94. The highest BCUT2D eigenvalue weighted by atomic mass is 32.2. The first-order valence-corrected chi connectivity index (χ1v) is 7.18. The van der Waals surface area contributed by atoms with E-state index in [1.54, 1.807) is 12.1 Å². The van der Waals surface area contributed by atoms with Gasteiger partial charge in [0.05, 0.1) is 11.6 Å². The number of anilines is 1. The summed E-state index contributed by atoms with van der Waals surface area (Å²) in [4.78, 5) is 24.6. The second-order valence-corrected chi connectivity index (χ2v) is 5.61. The number of likely N-dealkylation sites (tertiary alicyclic amines) is 1. The van der Waals surface area contributed by atoms with E-state index in [2.05, 4.69) is 5.32 Å². The largest absolute Gasteiger partial charge is 0.481 e. The Kier molecular flexibility index (Phi) is 5.00. The highest BCUT2D eigenvalue weighted by molar-refractivity contribution is 7.99. The summed E-state index contributed by atoms with van der Waals surface area (Å²) in [5, 5.41) is 11.5. The SMILES string of the molecule is O=C(O)C1CCN(C(=O)Nc2ccccc2SC(F)F)C1. The van der Waals surface area contributed by atoms with Gasteiger partial charge in [0.25, 0.3) is 5.76 Å². The smallest absolute Gasteiger partial charge is 0.321 e. The Hall–Kier alpha value is -1.83. The Bertz CT molecular complexity index is 542. The van der Waals surface area contributed by atoms with Gasteiger partial charge in [0.2, 0.25) is 0 Å². The molecule has 1 saturated heterocycles. The zero-order chi connectivity index (χ0) is 15.4. The fourth-order valence-corrected chi connectivity index (χ4v) is 2.70. The number of benzene rings is 1. The summed E-state index contributed by atoms with van der Waals surface area (Å²) >= 11 is 0.354. The lowest BCUT2D eigenvalue weighted by atomic mass is 10.1. The number of carbonyl (C=O) groups excluding carboxylic acids is 1. The van der Waals surface area contributed by atoms with E-state index in [9.17, 15) is 18.4 Å². The molecule has 1 unspecified atom stereocenters. The number of thioether (sulfide) groups is 1. The molecule has 2 amide bonds. The van der Waals surface area contributed by atoms with Gasteiger partial charge in [-0.2, -0.15) is 8.78 Å². The number of hydrogen-bond donors (Lipinski definition) is 2. The van der Waals surface area contributed by atoms with Gasteiger partial charge in [-0.05, 0) is 18.6 Å². The molecule has 8 heteroatoms. The number of carboxylic acid groups (broad SMARTS) is 1. The summed E-state index contributed by atoms with van der Waals surface area (Å²) in [7, 11) is 0. The Morgan fingerprint density at radius 3 is 2.71 bits per heavy atom. The number of urea groups is 1. The molecule has 0 bridgehead atoms. The summed E-state index contributed by atoms with van der Waals surface area (Å²) in [6.07, 6.45) is 0.399. The molecule has 1 aromatic carbocycles. The van der Waals surface area contributed by atoms with Crippen molar-refractivity contribution in [2.75, 3.05) is 18.4 Å². The number of hydrogen-bond acceptors (Lipinski definition) is 3. The van der Waals surface area contributed by atoms with E-state index in [-0.39, 0.29) is 11.4 Å². The number of rotatable bonds is 4. The summed E-state index contributed by atoms with van der Waals surface area (Å²) in [6.45, 7) is 0.471. The molecule has 1 aliphatic rings. The maximum Gasteiger partial charge on any atom is 0.321 e. The number of carbonyl (C=O) groups is 2. The predicted molar refractivity (Wildman–Crippen MR) is 74.6 cm³/mol. The molecule has 0 aromatic heterocycles. The lowest BCUT2D eigenvalue weighted by molar-refractivity contribution is -0.141. The number of para-hydroxylation sites is 1. The molecule has 114 valence electrons. The second-order valence-electron chi connectivity index (χ2n) is 4.57. The minimum Gasteiger partial charge on any atom is -0.481 e. The van der Waals surface area contributed by atoms with E-state index in [0.29, 0.717) is 30.4 Å². The topological polar surface area (TPSA) is 69.6 Å². The molecular weight excluding hydrogens is 302 g/mol. The van der Waals surface area contributed by atoms with E-state index in [4.69, 9.17) is 5.11 Å². The Balaban J connectivity index is 2.02. The van der Waals surface area contributed by atoms with Crippen LogP contribution in [-0.2, 0) is 4.79 Å². The summed E-state index contributed by atoms with van der Waals surface area (Å²) < 4.78 is 24.9. The van der Waals surface area contributed by atoms with Crippen LogP contribution in [0, 0.1) is 5.92 Å². The van der Waals surface area contributed by atoms with Crippen LogP contribution in [0.3, 0.4) is 0 Å². The first kappa shape index (κ1) is 15.6. The van der Waals surface area contributed by atoms with Crippen molar-refractivity contribution in [2.45, 2.75) is 17.1 Å². The number of amides is 2. The first-order valence-electron chi connectivity index (χ1n) is 6.30. The van der Waals surface area contributed by atoms with Gasteiger partial charge in [-0.1, -0.05) is 23.9 Å². The van der Waals surface area contributed by atoms with E-state index in [0.717, 1.165) is 0 Å². The number of nitrogens with zero attached hydrogens (tertiary/aromatic N) is 1. The fraction of sp³-hybridized carbons (Fsp3) is 0.385. The van der Waals surface area contributed by atoms with Crippen LogP contribution in [0.25, 0.3) is 0 Å². The van der Waals surface area contributed by atoms with Crippen LogP contribution in [-0.4, -0.2) is 40.9 Å². The maximum absolute atomic E-state index is 12.5. The minimum atomic E-state index is -2.58. The van der Waals surface area contributed by atoms with Gasteiger partial charge in [0.15, 0.2) is 0 Å². The molecule has 1 heterocycles. The standard InChI is InChI=1S/C13H14F2N2O3S/c14-12(15)21-10-4-2-1-3-9(10)16-13(20)17-6-5-8(7-17)11(18)19/h1-4,8,12H,5-7H2,(H,16,20)(H,18,19). The maximum atomic E-state index is 12.5. The van der Waals surface area contributed by atoms with Gasteiger partial charge in [-0.3, -0.25) is 4.79 Å². The molecule has 2 N–H and O–H groups in total. The molecule has 1 aromatic rings. The van der Waals surface area contributed by atoms with Crippen LogP contribution >= 0.6 is 11.8 Å². The highest BCUT2D eigenvalue weighted by Crippen LogP contribution is 2.32. The normalized spacial score (nSPS) is 18.0. The third-order valence-electron chi connectivity index (χ3n) is 3.17. The Labute approximate surface area is 124 Å². The van der Waals surface area contributed by atoms with Crippen LogP contribution in [0.2, 0.25) is 0 Å². The van der Waals surface area contributed by atoms with Crippen LogP contribution in [0.5, 0.6) is 0 Å². The molecule has 1 aliphatic heterocycles. The van der Waals surface area contributed by atoms with Gasteiger partial charge in [0.1, 0.15) is 0 Å². The van der Waals surface area contributed by atoms with Crippen molar-refractivity contribution < 1.29 is 23.5 Å². The van der Waals surface area contributed by atoms with E-state index in [1.807, 2.05) is 0 Å². The van der Waals surface area contributed by atoms with Crippen LogP contribution in [0.4, 0.5) is 19.3 Å². The molecular formula is C13H14F2N2O3S. The summed E-state index contributed by atoms with van der Waals surface area (Å²) in [5.41, 5.74) is 0.298. The van der Waals surface area contributed by atoms with Gasteiger partial charge >= 0.3 is 12.0 Å². The average Bonchev–Trinajstić information content (AvgIpc) is 2.90. The van der Waals surface area contributed by atoms with Crippen molar-refractivity contribution in [1.29, 1.82) is 0 Å². The van der Waals surface area contributed by atoms with Gasteiger partial charge in [-0.15, -0.1) is 0 Å². The lowest BCUT2D eigenvalue weighted by Gasteiger charge is -2.18. The number of aliphatic carboxylic acids is 1. The minimum absolute atomic E-state index is 0.130. The lowest BCUT2D eigenvalue weighted by Crippen LogP contribution is -2.33. The molecule has 0 saturated carbocycles. The van der Waals surface area contributed by atoms with Crippen LogP contribution in [0.15, 0.2) is 29.2 Å². The molecule has 1 fully saturated rings. The van der Waals surface area contributed by atoms with Gasteiger partial charge in [0, 0.05) is 18.0 Å². The van der Waals surface area contributed by atoms with Crippen molar-refractivity contribution in [1.82, 2.24) is 4.90 Å². The van der Waals surface area contributed by atoms with Crippen molar-refractivity contribution in [2.24, 2.45) is 5.92 Å². The molecule has 0 aliphatic carbocycles. The zero-order valence-electron chi connectivity index (χ0n) is 11.0. The number of alkyl halides is 2. The van der Waals surface area contributed by atoms with E-state index >= 15 is 0 Å². The quantitative estimate of drug-likeness (QED) is 0.838. The van der Waals surface area contributed by atoms with Crippen molar-refractivity contribution in [3.63, 3.8) is 0 Å². The van der Waals surface area contributed by atoms with Gasteiger partial charge < -0.3 is 15.3 Å². The number of nitrogens with one attached hydrogen (secondary N) is 1. The van der Waals surface area contributed by atoms with Crippen LogP contribution < -0.4 is 5.32 Å². The molecule has 1 atom stereocenters. The third-order valence-corrected chi connectivity index (χ3v) is 3.96. The highest BCUT2D eigenvalue weighted by Gasteiger charge is 2.31. The Morgan fingerprint density at radius 2 is 2.10 bits per heavy atom.